The van der Waals surface area contributed by atoms with Crippen LogP contribution in [0.15, 0.2) is 47.9 Å². The zero-order chi connectivity index (χ0) is 7.68. The first-order valence-electron chi connectivity index (χ1n) is 3.72. The van der Waals surface area contributed by atoms with Crippen LogP contribution in [0, 0.1) is 6.92 Å². The van der Waals surface area contributed by atoms with Crippen molar-refractivity contribution in [3.8, 4) is 0 Å². The number of rotatable bonds is 0. The summed E-state index contributed by atoms with van der Waals surface area (Å²) < 4.78 is 0. The van der Waals surface area contributed by atoms with Crippen molar-refractivity contribution in [1.82, 2.24) is 4.90 Å². The molecule has 55 valence electrons. The van der Waals surface area contributed by atoms with Crippen molar-refractivity contribution in [2.75, 3.05) is 6.54 Å². The van der Waals surface area contributed by atoms with Gasteiger partial charge in [-0.3, -0.25) is 0 Å². The van der Waals surface area contributed by atoms with Crippen LogP contribution in [-0.2, 0) is 0 Å². The third kappa shape index (κ3) is 1.03. The molecule has 0 saturated carbocycles. The van der Waals surface area contributed by atoms with E-state index in [2.05, 4.69) is 36.3 Å². The quantitative estimate of drug-likeness (QED) is 0.503. The molecular formula is C10H10N. The van der Waals surface area contributed by atoms with Crippen molar-refractivity contribution in [3.05, 3.63) is 54.8 Å². The van der Waals surface area contributed by atoms with Gasteiger partial charge in [-0.15, -0.1) is 0 Å². The normalized spacial score (nSPS) is 21.0. The van der Waals surface area contributed by atoms with Gasteiger partial charge in [0, 0.05) is 18.4 Å². The fourth-order valence-corrected chi connectivity index (χ4v) is 1.31. The Morgan fingerprint density at radius 1 is 1.27 bits per heavy atom. The Bertz CT molecular complexity index is 279. The predicted octanol–water partition coefficient (Wildman–Crippen LogP) is 2.03. The molecule has 1 heteroatoms. The lowest BCUT2D eigenvalue weighted by molar-refractivity contribution is 0.517. The van der Waals surface area contributed by atoms with Gasteiger partial charge in [0.2, 0.25) is 0 Å². The van der Waals surface area contributed by atoms with Crippen LogP contribution in [0.25, 0.3) is 0 Å². The molecule has 0 unspecified atom stereocenters. The monoisotopic (exact) mass is 144 g/mol. The largest absolute Gasteiger partial charge is 0.344 e. The molecule has 0 N–H and O–H groups in total. The minimum atomic E-state index is 0.967. The molecule has 0 amide bonds. The summed E-state index contributed by atoms with van der Waals surface area (Å²) >= 11 is 0. The van der Waals surface area contributed by atoms with E-state index in [9.17, 15) is 0 Å². The van der Waals surface area contributed by atoms with Crippen molar-refractivity contribution < 1.29 is 0 Å². The fraction of sp³-hybridized carbons (Fsp3) is 0.100. The summed E-state index contributed by atoms with van der Waals surface area (Å²) in [5, 5.41) is 0. The highest BCUT2D eigenvalue weighted by Gasteiger charge is 2.11. The first-order chi connectivity index (χ1) is 5.38. The summed E-state index contributed by atoms with van der Waals surface area (Å²) in [4.78, 5) is 2.18. The van der Waals surface area contributed by atoms with Gasteiger partial charge >= 0.3 is 0 Å². The lowest BCUT2D eigenvalue weighted by Gasteiger charge is -2.27. The van der Waals surface area contributed by atoms with E-state index in [4.69, 9.17) is 0 Å². The maximum absolute atomic E-state index is 3.95. The molecule has 2 aliphatic heterocycles. The molecule has 2 aliphatic rings. The lowest BCUT2D eigenvalue weighted by atomic mass is 10.1. The molecule has 0 aliphatic carbocycles. The highest BCUT2D eigenvalue weighted by Crippen LogP contribution is 2.21. The maximum atomic E-state index is 3.95. The predicted molar refractivity (Wildman–Crippen MR) is 46.5 cm³/mol. The molecule has 2 heterocycles. The number of hydrogen-bond acceptors (Lipinski definition) is 1. The molecule has 0 aromatic heterocycles. The molecule has 0 aromatic carbocycles. The average Bonchev–Trinajstić information content (AvgIpc) is 2.06. The molecule has 1 radical (unpaired) electrons. The van der Waals surface area contributed by atoms with E-state index in [0.717, 1.165) is 12.1 Å². The van der Waals surface area contributed by atoms with E-state index >= 15 is 0 Å². The second-order valence-corrected chi connectivity index (χ2v) is 2.67. The van der Waals surface area contributed by atoms with Crippen LogP contribution in [0.3, 0.4) is 0 Å². The van der Waals surface area contributed by atoms with E-state index in [-0.39, 0.29) is 0 Å². The van der Waals surface area contributed by atoms with Crippen molar-refractivity contribution in [2.24, 2.45) is 0 Å². The summed E-state index contributed by atoms with van der Waals surface area (Å²) in [5.41, 5.74) is 2.31. The van der Waals surface area contributed by atoms with E-state index < -0.39 is 0 Å². The van der Waals surface area contributed by atoms with Gasteiger partial charge in [-0.25, -0.2) is 0 Å². The van der Waals surface area contributed by atoms with Crippen LogP contribution < -0.4 is 0 Å². The third-order valence-corrected chi connectivity index (χ3v) is 1.89. The average molecular weight is 144 g/mol. The molecule has 0 spiro atoms. The van der Waals surface area contributed by atoms with Gasteiger partial charge in [-0.1, -0.05) is 18.2 Å². The number of nitrogens with zero attached hydrogens (tertiary/aromatic N) is 1. The fourth-order valence-electron chi connectivity index (χ4n) is 1.31. The topological polar surface area (TPSA) is 3.24 Å². The third-order valence-electron chi connectivity index (χ3n) is 1.89. The second kappa shape index (κ2) is 2.42. The maximum Gasteiger partial charge on any atom is 0.0441 e. The van der Waals surface area contributed by atoms with Crippen molar-refractivity contribution in [2.45, 2.75) is 0 Å². The number of fused-ring (bicyclic) bond motifs is 1. The van der Waals surface area contributed by atoms with Crippen molar-refractivity contribution in [1.29, 1.82) is 0 Å². The Morgan fingerprint density at radius 2 is 2.18 bits per heavy atom. The van der Waals surface area contributed by atoms with Crippen LogP contribution in [0.4, 0.5) is 0 Å². The summed E-state index contributed by atoms with van der Waals surface area (Å²) in [7, 11) is 0. The molecule has 11 heavy (non-hydrogen) atoms. The van der Waals surface area contributed by atoms with E-state index in [1.165, 1.54) is 5.70 Å². The molecule has 0 aromatic rings. The van der Waals surface area contributed by atoms with Gasteiger partial charge in [-0.05, 0) is 24.6 Å². The Kier molecular flexibility index (Phi) is 1.42. The molecular weight excluding hydrogens is 134 g/mol. The molecule has 0 fully saturated rings. The van der Waals surface area contributed by atoms with E-state index in [1.807, 2.05) is 12.2 Å². The molecule has 0 saturated heterocycles. The Morgan fingerprint density at radius 3 is 3.00 bits per heavy atom. The van der Waals surface area contributed by atoms with Crippen LogP contribution in [0.5, 0.6) is 0 Å². The molecule has 0 atom stereocenters. The smallest absolute Gasteiger partial charge is 0.0441 e. The first kappa shape index (κ1) is 6.47. The molecule has 1 nitrogen and oxygen atoms in total. The SMILES string of the molecule is [CH2]C1=CC=CN2CC=CC=C12. The zero-order valence-corrected chi connectivity index (χ0v) is 6.33. The highest BCUT2D eigenvalue weighted by atomic mass is 15.1. The van der Waals surface area contributed by atoms with Crippen LogP contribution in [-0.4, -0.2) is 11.4 Å². The molecule has 2 rings (SSSR count). The minimum Gasteiger partial charge on any atom is -0.344 e. The number of allylic oxidation sites excluding steroid dienone is 5. The minimum absolute atomic E-state index is 0.967. The number of hydrogen-bond donors (Lipinski definition) is 0. The van der Waals surface area contributed by atoms with Crippen molar-refractivity contribution in [3.63, 3.8) is 0 Å². The summed E-state index contributed by atoms with van der Waals surface area (Å²) in [5.74, 6) is 0. The summed E-state index contributed by atoms with van der Waals surface area (Å²) in [6, 6.07) is 0. The standard InChI is InChI=1S/C10H10N/c1-9-5-4-8-11-7-3-2-6-10(9)11/h2-6,8H,1,7H2. The van der Waals surface area contributed by atoms with Crippen molar-refractivity contribution >= 4 is 0 Å². The summed E-state index contributed by atoms with van der Waals surface area (Å²) in [6.07, 6.45) is 12.4. The lowest BCUT2D eigenvalue weighted by Crippen LogP contribution is -2.21. The van der Waals surface area contributed by atoms with E-state index in [0.29, 0.717) is 0 Å². The van der Waals surface area contributed by atoms with Crippen LogP contribution in [0.1, 0.15) is 0 Å². The zero-order valence-electron chi connectivity index (χ0n) is 6.33. The Hall–Kier alpha value is -1.24. The summed E-state index contributed by atoms with van der Waals surface area (Å²) in [6.45, 7) is 4.92. The van der Waals surface area contributed by atoms with Gasteiger partial charge in [-0.2, -0.15) is 0 Å². The van der Waals surface area contributed by atoms with Gasteiger partial charge < -0.3 is 4.90 Å². The Balaban J connectivity index is 2.40. The van der Waals surface area contributed by atoms with Crippen LogP contribution in [0.2, 0.25) is 0 Å². The van der Waals surface area contributed by atoms with Gasteiger partial charge in [0.05, 0.1) is 0 Å². The molecule has 0 bridgehead atoms. The van der Waals surface area contributed by atoms with Gasteiger partial charge in [0.15, 0.2) is 0 Å². The second-order valence-electron chi connectivity index (χ2n) is 2.67. The van der Waals surface area contributed by atoms with Gasteiger partial charge in [0.1, 0.15) is 0 Å². The van der Waals surface area contributed by atoms with Gasteiger partial charge in [0.25, 0.3) is 0 Å². The first-order valence-corrected chi connectivity index (χ1v) is 3.72. The Labute approximate surface area is 67.0 Å². The van der Waals surface area contributed by atoms with Crippen LogP contribution >= 0.6 is 0 Å². The highest BCUT2D eigenvalue weighted by molar-refractivity contribution is 5.43. The van der Waals surface area contributed by atoms with E-state index in [1.54, 1.807) is 0 Å².